The van der Waals surface area contributed by atoms with Crippen LogP contribution < -0.4 is 10.1 Å². The molecule has 2 aromatic carbocycles. The molecule has 1 amide bonds. The molecule has 0 saturated heterocycles. The molecule has 122 valence electrons. The van der Waals surface area contributed by atoms with E-state index in [1.54, 1.807) is 24.3 Å². The largest absolute Gasteiger partial charge is 0.478 e. The van der Waals surface area contributed by atoms with Gasteiger partial charge in [0.05, 0.1) is 24.4 Å². The fourth-order valence-electron chi connectivity index (χ4n) is 2.26. The lowest BCUT2D eigenvalue weighted by Crippen LogP contribution is -2.18. The van der Waals surface area contributed by atoms with Gasteiger partial charge in [-0.25, -0.2) is 4.79 Å². The molecular weight excluding hydrogens is 310 g/mol. The van der Waals surface area contributed by atoms with Gasteiger partial charge in [0.2, 0.25) is 0 Å². The van der Waals surface area contributed by atoms with Crippen molar-refractivity contribution in [3.05, 3.63) is 65.7 Å². The number of carboxylic acid groups (broad SMARTS) is 1. The monoisotopic (exact) mass is 325 g/mol. The average Bonchev–Trinajstić information content (AvgIpc) is 3.08. The van der Waals surface area contributed by atoms with Gasteiger partial charge in [-0.15, -0.1) is 0 Å². The van der Waals surface area contributed by atoms with Gasteiger partial charge >= 0.3 is 5.97 Å². The van der Waals surface area contributed by atoms with Crippen LogP contribution in [0.15, 0.2) is 65.7 Å². The molecule has 0 fully saturated rings. The summed E-state index contributed by atoms with van der Waals surface area (Å²) in [5.41, 5.74) is 0.688. The number of carboxylic acids is 1. The third-order valence-corrected chi connectivity index (χ3v) is 3.48. The average molecular weight is 325 g/mol. The number of nitrogens with one attached hydrogen (secondary N) is 1. The molecule has 0 radical (unpaired) electrons. The molecule has 0 spiro atoms. The number of carbonyl (C=O) groups excluding carboxylic acids is 1. The Morgan fingerprint density at radius 1 is 0.917 bits per heavy atom. The Hall–Kier alpha value is -3.12. The summed E-state index contributed by atoms with van der Waals surface area (Å²) in [5.74, 6) is -0.256. The van der Waals surface area contributed by atoms with Crippen LogP contribution in [-0.4, -0.2) is 30.2 Å². The molecule has 2 N–H and O–H groups in total. The number of ether oxygens (including phenoxy) is 2. The summed E-state index contributed by atoms with van der Waals surface area (Å²) in [6, 6.07) is 16.2. The number of rotatable bonds is 5. The highest BCUT2D eigenvalue weighted by molar-refractivity contribution is 6.09. The zero-order chi connectivity index (χ0) is 16.9. The van der Waals surface area contributed by atoms with E-state index >= 15 is 0 Å². The maximum Gasteiger partial charge on any atom is 0.334 e. The Balaban J connectivity index is 1.67. The van der Waals surface area contributed by atoms with Gasteiger partial charge in [-0.2, -0.15) is 0 Å². The van der Waals surface area contributed by atoms with E-state index in [9.17, 15) is 9.59 Å². The number of amides is 1. The molecule has 0 unspecified atom stereocenters. The van der Waals surface area contributed by atoms with Crippen LogP contribution >= 0.6 is 0 Å². The topological polar surface area (TPSA) is 84.9 Å². The van der Waals surface area contributed by atoms with Crippen LogP contribution in [0.1, 0.15) is 0 Å². The molecule has 0 aliphatic carbocycles. The Bertz CT molecular complexity index is 781. The third kappa shape index (κ3) is 3.61. The Morgan fingerprint density at radius 2 is 1.54 bits per heavy atom. The molecule has 6 heteroatoms. The minimum atomic E-state index is -1.13. The molecule has 1 aliphatic heterocycles. The number of aliphatic carboxylic acids is 1. The van der Waals surface area contributed by atoms with Crippen LogP contribution in [0.5, 0.6) is 11.5 Å². The second kappa shape index (κ2) is 6.97. The first kappa shape index (κ1) is 15.8. The zero-order valence-electron chi connectivity index (χ0n) is 12.7. The zero-order valence-corrected chi connectivity index (χ0v) is 12.7. The number of carbonyl (C=O) groups is 2. The summed E-state index contributed by atoms with van der Waals surface area (Å²) < 4.78 is 10.7. The molecule has 6 nitrogen and oxygen atoms in total. The maximum atomic E-state index is 12.2. The van der Waals surface area contributed by atoms with Crippen LogP contribution in [0.4, 0.5) is 5.69 Å². The van der Waals surface area contributed by atoms with Crippen molar-refractivity contribution in [2.45, 2.75) is 0 Å². The van der Waals surface area contributed by atoms with Gasteiger partial charge in [0.1, 0.15) is 11.5 Å². The minimum Gasteiger partial charge on any atom is -0.478 e. The lowest BCUT2D eigenvalue weighted by molar-refractivity contribution is -0.133. The highest BCUT2D eigenvalue weighted by Crippen LogP contribution is 2.23. The van der Waals surface area contributed by atoms with E-state index in [4.69, 9.17) is 14.6 Å². The molecule has 1 aliphatic rings. The van der Waals surface area contributed by atoms with Gasteiger partial charge in [0, 0.05) is 5.69 Å². The highest BCUT2D eigenvalue weighted by atomic mass is 16.5. The van der Waals surface area contributed by atoms with Crippen LogP contribution in [0.25, 0.3) is 0 Å². The van der Waals surface area contributed by atoms with Crippen molar-refractivity contribution >= 4 is 17.6 Å². The number of benzene rings is 2. The molecule has 3 rings (SSSR count). The minimum absolute atomic E-state index is 0.00265. The van der Waals surface area contributed by atoms with Crippen molar-refractivity contribution in [3.8, 4) is 11.5 Å². The first-order chi connectivity index (χ1) is 11.6. The summed E-state index contributed by atoms with van der Waals surface area (Å²) in [5, 5.41) is 11.7. The molecule has 0 saturated carbocycles. The summed E-state index contributed by atoms with van der Waals surface area (Å²) >= 11 is 0. The van der Waals surface area contributed by atoms with E-state index in [0.29, 0.717) is 17.2 Å². The molecule has 2 aromatic rings. The number of para-hydroxylation sites is 1. The Morgan fingerprint density at radius 3 is 2.21 bits per heavy atom. The van der Waals surface area contributed by atoms with Crippen LogP contribution in [0.3, 0.4) is 0 Å². The smallest absolute Gasteiger partial charge is 0.334 e. The summed E-state index contributed by atoms with van der Waals surface area (Å²) in [6.45, 7) is -0.0510. The predicted molar refractivity (Wildman–Crippen MR) is 87.1 cm³/mol. The first-order valence-corrected chi connectivity index (χ1v) is 7.31. The van der Waals surface area contributed by atoms with Crippen LogP contribution in [0, 0.1) is 0 Å². The van der Waals surface area contributed by atoms with Crippen LogP contribution in [0.2, 0.25) is 0 Å². The molecule has 24 heavy (non-hydrogen) atoms. The third-order valence-electron chi connectivity index (χ3n) is 3.48. The van der Waals surface area contributed by atoms with Gasteiger partial charge in [-0.05, 0) is 36.4 Å². The van der Waals surface area contributed by atoms with Gasteiger partial charge < -0.3 is 19.9 Å². The van der Waals surface area contributed by atoms with Gasteiger partial charge in [-0.3, -0.25) is 4.79 Å². The van der Waals surface area contributed by atoms with Gasteiger partial charge in [-0.1, -0.05) is 18.2 Å². The van der Waals surface area contributed by atoms with E-state index in [1.807, 2.05) is 30.3 Å². The molecule has 1 heterocycles. The van der Waals surface area contributed by atoms with Crippen molar-refractivity contribution in [2.75, 3.05) is 18.5 Å². The maximum absolute atomic E-state index is 12.2. The second-order valence-electron chi connectivity index (χ2n) is 5.15. The molecular formula is C18H15NO5. The summed E-state index contributed by atoms with van der Waals surface area (Å²) in [7, 11) is 0. The number of hydrogen-bond acceptors (Lipinski definition) is 4. The predicted octanol–water partition coefficient (Wildman–Crippen LogP) is 2.83. The van der Waals surface area contributed by atoms with Crippen molar-refractivity contribution in [3.63, 3.8) is 0 Å². The lowest BCUT2D eigenvalue weighted by Gasteiger charge is -2.08. The normalized spacial score (nSPS) is 13.7. The molecule has 0 bridgehead atoms. The van der Waals surface area contributed by atoms with Crippen molar-refractivity contribution in [1.29, 1.82) is 0 Å². The number of anilines is 1. The van der Waals surface area contributed by atoms with E-state index in [1.165, 1.54) is 0 Å². The summed E-state index contributed by atoms with van der Waals surface area (Å²) in [4.78, 5) is 23.2. The van der Waals surface area contributed by atoms with E-state index in [0.717, 1.165) is 0 Å². The van der Waals surface area contributed by atoms with Gasteiger partial charge in [0.15, 0.2) is 0 Å². The fraction of sp³-hybridized carbons (Fsp3) is 0.111. The van der Waals surface area contributed by atoms with Crippen LogP contribution in [-0.2, 0) is 14.3 Å². The Labute approximate surface area is 138 Å². The van der Waals surface area contributed by atoms with Crippen molar-refractivity contribution < 1.29 is 24.2 Å². The van der Waals surface area contributed by atoms with Crippen molar-refractivity contribution in [2.24, 2.45) is 0 Å². The van der Waals surface area contributed by atoms with E-state index in [-0.39, 0.29) is 24.4 Å². The van der Waals surface area contributed by atoms with Crippen molar-refractivity contribution in [1.82, 2.24) is 0 Å². The lowest BCUT2D eigenvalue weighted by atomic mass is 10.1. The molecule has 0 atom stereocenters. The SMILES string of the molecule is O=C(O)C1=C(C(=O)Nc2ccc(Oc3ccccc3)cc2)COC1. The van der Waals surface area contributed by atoms with E-state index < -0.39 is 11.9 Å². The quantitative estimate of drug-likeness (QED) is 0.883. The summed E-state index contributed by atoms with van der Waals surface area (Å²) in [6.07, 6.45) is 0. The Kier molecular flexibility index (Phi) is 4.58. The standard InChI is InChI=1S/C18H15NO5/c20-17(15-10-23-11-16(15)18(21)22)19-12-6-8-14(9-7-12)24-13-4-2-1-3-5-13/h1-9H,10-11H2,(H,19,20)(H,21,22). The second-order valence-corrected chi connectivity index (χ2v) is 5.15. The van der Waals surface area contributed by atoms with E-state index in [2.05, 4.69) is 5.32 Å². The van der Waals surface area contributed by atoms with Gasteiger partial charge in [0.25, 0.3) is 5.91 Å². The highest BCUT2D eigenvalue weighted by Gasteiger charge is 2.26. The first-order valence-electron chi connectivity index (χ1n) is 7.31. The molecule has 0 aromatic heterocycles. The number of hydrogen-bond donors (Lipinski definition) is 2. The fourth-order valence-corrected chi connectivity index (χ4v) is 2.26.